The summed E-state index contributed by atoms with van der Waals surface area (Å²) in [5, 5.41) is 7.64. The number of hydrogen-bond acceptors (Lipinski definition) is 3. The van der Waals surface area contributed by atoms with Crippen molar-refractivity contribution in [1.29, 1.82) is 0 Å². The lowest BCUT2D eigenvalue weighted by Gasteiger charge is -2.14. The Hall–Kier alpha value is -0.380. The molecule has 0 amide bonds. The van der Waals surface area contributed by atoms with E-state index in [-0.39, 0.29) is 6.04 Å². The molecular formula is C11H20N2S. The van der Waals surface area contributed by atoms with Crippen molar-refractivity contribution in [3.63, 3.8) is 0 Å². The number of hydrogen-bond donors (Lipinski definition) is 2. The van der Waals surface area contributed by atoms with Gasteiger partial charge in [-0.05, 0) is 34.7 Å². The summed E-state index contributed by atoms with van der Waals surface area (Å²) < 4.78 is 0. The van der Waals surface area contributed by atoms with Crippen LogP contribution in [-0.2, 0) is 6.54 Å². The van der Waals surface area contributed by atoms with Gasteiger partial charge in [0.25, 0.3) is 0 Å². The average molecular weight is 212 g/mol. The minimum absolute atomic E-state index is 0.286. The van der Waals surface area contributed by atoms with E-state index in [0.29, 0.717) is 5.92 Å². The lowest BCUT2D eigenvalue weighted by Crippen LogP contribution is -2.34. The van der Waals surface area contributed by atoms with E-state index in [2.05, 4.69) is 36.0 Å². The third-order valence-corrected chi connectivity index (χ3v) is 2.82. The van der Waals surface area contributed by atoms with Crippen LogP contribution in [0, 0.1) is 5.92 Å². The molecule has 0 aliphatic carbocycles. The summed E-state index contributed by atoms with van der Waals surface area (Å²) in [6, 6.07) is 2.43. The first-order valence-corrected chi connectivity index (χ1v) is 6.10. The monoisotopic (exact) mass is 212 g/mol. The second-order valence-corrected chi connectivity index (χ2v) is 4.93. The lowest BCUT2D eigenvalue weighted by molar-refractivity contribution is 0.467. The molecule has 0 saturated carbocycles. The van der Waals surface area contributed by atoms with Gasteiger partial charge in [0.15, 0.2) is 0 Å². The minimum Gasteiger partial charge on any atom is -0.327 e. The zero-order chi connectivity index (χ0) is 10.4. The summed E-state index contributed by atoms with van der Waals surface area (Å²) in [5.41, 5.74) is 7.31. The SMILES string of the molecule is CC(C)CC(N)CNCc1ccsc1. The molecule has 0 aliphatic heterocycles. The third kappa shape index (κ3) is 4.74. The first-order chi connectivity index (χ1) is 6.68. The highest BCUT2D eigenvalue weighted by Gasteiger charge is 2.04. The molecule has 1 aromatic heterocycles. The van der Waals surface area contributed by atoms with Crippen molar-refractivity contribution < 1.29 is 0 Å². The fourth-order valence-corrected chi connectivity index (χ4v) is 2.15. The van der Waals surface area contributed by atoms with E-state index in [0.717, 1.165) is 19.5 Å². The summed E-state index contributed by atoms with van der Waals surface area (Å²) in [5.74, 6) is 0.688. The normalized spacial score (nSPS) is 13.4. The van der Waals surface area contributed by atoms with Crippen molar-refractivity contribution in [3.8, 4) is 0 Å². The molecule has 0 radical (unpaired) electrons. The second kappa shape index (κ2) is 6.17. The first kappa shape index (κ1) is 11.7. The fraction of sp³-hybridized carbons (Fsp3) is 0.636. The summed E-state index contributed by atoms with van der Waals surface area (Å²) in [4.78, 5) is 0. The molecule has 1 aromatic rings. The zero-order valence-corrected chi connectivity index (χ0v) is 9.81. The maximum absolute atomic E-state index is 5.95. The van der Waals surface area contributed by atoms with Crippen molar-refractivity contribution in [2.24, 2.45) is 11.7 Å². The van der Waals surface area contributed by atoms with Gasteiger partial charge in [0.05, 0.1) is 0 Å². The lowest BCUT2D eigenvalue weighted by atomic mass is 10.0. The van der Waals surface area contributed by atoms with Gasteiger partial charge in [0.1, 0.15) is 0 Å². The van der Waals surface area contributed by atoms with Crippen LogP contribution in [0.15, 0.2) is 16.8 Å². The molecule has 3 heteroatoms. The highest BCUT2D eigenvalue weighted by Crippen LogP contribution is 2.05. The van der Waals surface area contributed by atoms with E-state index in [1.54, 1.807) is 11.3 Å². The van der Waals surface area contributed by atoms with Gasteiger partial charge in [-0.15, -0.1) is 0 Å². The molecule has 0 aliphatic rings. The Morgan fingerprint density at radius 2 is 2.29 bits per heavy atom. The molecule has 2 nitrogen and oxygen atoms in total. The molecule has 1 unspecified atom stereocenters. The van der Waals surface area contributed by atoms with Crippen LogP contribution in [0.25, 0.3) is 0 Å². The molecule has 0 fully saturated rings. The molecule has 0 spiro atoms. The van der Waals surface area contributed by atoms with Gasteiger partial charge in [-0.2, -0.15) is 11.3 Å². The fourth-order valence-electron chi connectivity index (χ4n) is 1.48. The third-order valence-electron chi connectivity index (χ3n) is 2.09. The van der Waals surface area contributed by atoms with Crippen LogP contribution >= 0.6 is 11.3 Å². The van der Waals surface area contributed by atoms with Crippen LogP contribution in [0.3, 0.4) is 0 Å². The molecule has 1 heterocycles. The zero-order valence-electron chi connectivity index (χ0n) is 8.99. The number of nitrogens with one attached hydrogen (secondary N) is 1. The molecular weight excluding hydrogens is 192 g/mol. The van der Waals surface area contributed by atoms with Gasteiger partial charge in [0.2, 0.25) is 0 Å². The quantitative estimate of drug-likeness (QED) is 0.759. The highest BCUT2D eigenvalue weighted by atomic mass is 32.1. The van der Waals surface area contributed by atoms with E-state index in [4.69, 9.17) is 5.73 Å². The number of nitrogens with two attached hydrogens (primary N) is 1. The summed E-state index contributed by atoms with van der Waals surface area (Å²) >= 11 is 1.74. The van der Waals surface area contributed by atoms with Crippen LogP contribution in [0.2, 0.25) is 0 Å². The Kier molecular flexibility index (Phi) is 5.15. The molecule has 3 N–H and O–H groups in total. The van der Waals surface area contributed by atoms with Gasteiger partial charge in [-0.1, -0.05) is 13.8 Å². The summed E-state index contributed by atoms with van der Waals surface area (Å²) in [6.45, 7) is 6.26. The van der Waals surface area contributed by atoms with Crippen molar-refractivity contribution >= 4 is 11.3 Å². The predicted molar refractivity (Wildman–Crippen MR) is 63.5 cm³/mol. The van der Waals surface area contributed by atoms with Gasteiger partial charge in [-0.25, -0.2) is 0 Å². The molecule has 0 saturated heterocycles. The van der Waals surface area contributed by atoms with E-state index in [1.807, 2.05) is 0 Å². The van der Waals surface area contributed by atoms with E-state index in [1.165, 1.54) is 5.56 Å². The average Bonchev–Trinajstić information content (AvgIpc) is 2.55. The predicted octanol–water partition coefficient (Wildman–Crippen LogP) is 2.21. The van der Waals surface area contributed by atoms with Crippen molar-refractivity contribution in [3.05, 3.63) is 22.4 Å². The molecule has 1 rings (SSSR count). The molecule has 14 heavy (non-hydrogen) atoms. The van der Waals surface area contributed by atoms with E-state index in [9.17, 15) is 0 Å². The van der Waals surface area contributed by atoms with Crippen LogP contribution in [0.5, 0.6) is 0 Å². The Morgan fingerprint density at radius 3 is 2.86 bits per heavy atom. The minimum atomic E-state index is 0.286. The Bertz CT molecular complexity index is 231. The first-order valence-electron chi connectivity index (χ1n) is 5.16. The molecule has 80 valence electrons. The largest absolute Gasteiger partial charge is 0.327 e. The Labute approximate surface area is 90.5 Å². The Balaban J connectivity index is 2.09. The molecule has 0 bridgehead atoms. The van der Waals surface area contributed by atoms with Gasteiger partial charge in [0, 0.05) is 19.1 Å². The Morgan fingerprint density at radius 1 is 1.50 bits per heavy atom. The second-order valence-electron chi connectivity index (χ2n) is 4.15. The maximum atomic E-state index is 5.95. The number of thiophene rings is 1. The van der Waals surface area contributed by atoms with Gasteiger partial charge >= 0.3 is 0 Å². The molecule has 1 atom stereocenters. The van der Waals surface area contributed by atoms with Crippen molar-refractivity contribution in [1.82, 2.24) is 5.32 Å². The van der Waals surface area contributed by atoms with Gasteiger partial charge in [-0.3, -0.25) is 0 Å². The van der Waals surface area contributed by atoms with Crippen LogP contribution in [0.1, 0.15) is 25.8 Å². The molecule has 0 aromatic carbocycles. The summed E-state index contributed by atoms with van der Waals surface area (Å²) in [7, 11) is 0. The van der Waals surface area contributed by atoms with Crippen molar-refractivity contribution in [2.45, 2.75) is 32.9 Å². The van der Waals surface area contributed by atoms with Crippen LogP contribution in [0.4, 0.5) is 0 Å². The maximum Gasteiger partial charge on any atom is 0.0214 e. The van der Waals surface area contributed by atoms with Crippen LogP contribution in [-0.4, -0.2) is 12.6 Å². The van der Waals surface area contributed by atoms with Crippen LogP contribution < -0.4 is 11.1 Å². The topological polar surface area (TPSA) is 38.0 Å². The van der Waals surface area contributed by atoms with E-state index < -0.39 is 0 Å². The standard InChI is InChI=1S/C11H20N2S/c1-9(2)5-11(12)7-13-6-10-3-4-14-8-10/h3-4,8-9,11,13H,5-7,12H2,1-2H3. The van der Waals surface area contributed by atoms with E-state index >= 15 is 0 Å². The van der Waals surface area contributed by atoms with Gasteiger partial charge < -0.3 is 11.1 Å². The summed E-state index contributed by atoms with van der Waals surface area (Å²) in [6.07, 6.45) is 1.09. The van der Waals surface area contributed by atoms with Crippen molar-refractivity contribution in [2.75, 3.05) is 6.54 Å². The number of rotatable bonds is 6. The highest BCUT2D eigenvalue weighted by molar-refractivity contribution is 7.07. The smallest absolute Gasteiger partial charge is 0.0214 e.